The van der Waals surface area contributed by atoms with E-state index < -0.39 is 0 Å². The fourth-order valence-corrected chi connectivity index (χ4v) is 5.18. The summed E-state index contributed by atoms with van der Waals surface area (Å²) < 4.78 is 17.7. The topological polar surface area (TPSA) is 76.3 Å². The third-order valence-corrected chi connectivity index (χ3v) is 7.02. The standard InChI is InChI=1S/C27H28FN7/c1-17-26(18(2)34(33-17)15-19-4-3-5-22(28)10-19)25-14-31-27-24(25)11-20(12-30-27)21-13-32-35(16-21)23-6-8-29-9-7-23/h3-5,10-14,16,23,29H,6-9,15H2,1-2H3,(H,30,31). The molecular formula is C27H28FN7. The Labute approximate surface area is 203 Å². The Morgan fingerprint density at radius 1 is 1.09 bits per heavy atom. The smallest absolute Gasteiger partial charge is 0.137 e. The van der Waals surface area contributed by atoms with E-state index in [0.717, 1.165) is 76.2 Å². The zero-order valence-corrected chi connectivity index (χ0v) is 19.9. The molecule has 2 N–H and O–H groups in total. The van der Waals surface area contributed by atoms with Gasteiger partial charge in [0, 0.05) is 51.9 Å². The van der Waals surface area contributed by atoms with E-state index in [1.54, 1.807) is 12.1 Å². The number of pyridine rings is 1. The van der Waals surface area contributed by atoms with Gasteiger partial charge in [0.05, 0.1) is 24.5 Å². The van der Waals surface area contributed by atoms with E-state index in [0.29, 0.717) is 12.6 Å². The lowest BCUT2D eigenvalue weighted by atomic mass is 10.0. The first-order valence-electron chi connectivity index (χ1n) is 12.1. The Bertz CT molecular complexity index is 1500. The molecule has 1 fully saturated rings. The average molecular weight is 470 g/mol. The lowest BCUT2D eigenvalue weighted by Crippen LogP contribution is -2.29. The van der Waals surface area contributed by atoms with Gasteiger partial charge >= 0.3 is 0 Å². The highest BCUT2D eigenvalue weighted by Gasteiger charge is 2.19. The van der Waals surface area contributed by atoms with Gasteiger partial charge in [0.25, 0.3) is 0 Å². The van der Waals surface area contributed by atoms with Crippen molar-refractivity contribution >= 4 is 11.0 Å². The number of aromatic amines is 1. The molecule has 0 unspecified atom stereocenters. The van der Waals surface area contributed by atoms with Crippen LogP contribution >= 0.6 is 0 Å². The van der Waals surface area contributed by atoms with E-state index in [-0.39, 0.29) is 5.82 Å². The molecule has 0 atom stereocenters. The molecule has 1 aliphatic rings. The van der Waals surface area contributed by atoms with Crippen molar-refractivity contribution in [2.45, 2.75) is 39.3 Å². The highest BCUT2D eigenvalue weighted by Crippen LogP contribution is 2.35. The number of hydrogen-bond donors (Lipinski definition) is 2. The second-order valence-electron chi connectivity index (χ2n) is 9.35. The van der Waals surface area contributed by atoms with Crippen LogP contribution in [0, 0.1) is 19.7 Å². The monoisotopic (exact) mass is 469 g/mol. The van der Waals surface area contributed by atoms with Gasteiger partial charge in [-0.3, -0.25) is 9.36 Å². The first kappa shape index (κ1) is 21.7. The zero-order chi connectivity index (χ0) is 23.9. The van der Waals surface area contributed by atoms with E-state index in [1.165, 1.54) is 6.07 Å². The number of H-pyrrole nitrogens is 1. The third kappa shape index (κ3) is 4.04. The normalized spacial score (nSPS) is 14.7. The van der Waals surface area contributed by atoms with E-state index in [2.05, 4.69) is 39.3 Å². The number of nitrogens with zero attached hydrogens (tertiary/aromatic N) is 5. The molecule has 0 spiro atoms. The van der Waals surface area contributed by atoms with Crippen LogP contribution in [-0.4, -0.2) is 42.6 Å². The van der Waals surface area contributed by atoms with Crippen molar-refractivity contribution in [2.75, 3.05) is 13.1 Å². The molecule has 8 heteroatoms. The van der Waals surface area contributed by atoms with E-state index in [1.807, 2.05) is 36.3 Å². The number of hydrogen-bond acceptors (Lipinski definition) is 4. The first-order chi connectivity index (χ1) is 17.1. The summed E-state index contributed by atoms with van der Waals surface area (Å²) in [6.45, 7) is 6.67. The minimum Gasteiger partial charge on any atom is -0.346 e. The van der Waals surface area contributed by atoms with Gasteiger partial charge in [0.1, 0.15) is 11.5 Å². The molecule has 35 heavy (non-hydrogen) atoms. The van der Waals surface area contributed by atoms with Crippen molar-refractivity contribution in [3.63, 3.8) is 0 Å². The van der Waals surface area contributed by atoms with Crippen LogP contribution in [-0.2, 0) is 6.54 Å². The van der Waals surface area contributed by atoms with Crippen LogP contribution in [0.25, 0.3) is 33.3 Å². The molecule has 6 rings (SSSR count). The Morgan fingerprint density at radius 2 is 1.94 bits per heavy atom. The molecule has 0 aliphatic carbocycles. The first-order valence-corrected chi connectivity index (χ1v) is 12.1. The maximum atomic E-state index is 13.7. The van der Waals surface area contributed by atoms with E-state index in [4.69, 9.17) is 10.1 Å². The summed E-state index contributed by atoms with van der Waals surface area (Å²) in [7, 11) is 0. The molecule has 7 nitrogen and oxygen atoms in total. The molecular weight excluding hydrogens is 441 g/mol. The number of benzene rings is 1. The molecule has 0 saturated carbocycles. The summed E-state index contributed by atoms with van der Waals surface area (Å²) in [5, 5.41) is 13.9. The molecule has 4 aromatic heterocycles. The molecule has 5 aromatic rings. The van der Waals surface area contributed by atoms with Crippen LogP contribution in [0.2, 0.25) is 0 Å². The second kappa shape index (κ2) is 8.78. The van der Waals surface area contributed by atoms with Crippen LogP contribution in [0.4, 0.5) is 4.39 Å². The summed E-state index contributed by atoms with van der Waals surface area (Å²) in [6.07, 6.45) is 10.2. The van der Waals surface area contributed by atoms with Crippen LogP contribution in [0.15, 0.2) is 55.1 Å². The van der Waals surface area contributed by atoms with E-state index >= 15 is 0 Å². The number of aromatic nitrogens is 6. The summed E-state index contributed by atoms with van der Waals surface area (Å²) >= 11 is 0. The summed E-state index contributed by atoms with van der Waals surface area (Å²) in [5.41, 5.74) is 7.96. The molecule has 0 amide bonds. The molecule has 178 valence electrons. The van der Waals surface area contributed by atoms with Gasteiger partial charge < -0.3 is 10.3 Å². The Kier molecular flexibility index (Phi) is 5.45. The van der Waals surface area contributed by atoms with Crippen LogP contribution in [0.5, 0.6) is 0 Å². The lowest BCUT2D eigenvalue weighted by molar-refractivity contribution is 0.343. The van der Waals surface area contributed by atoms with Gasteiger partial charge in [-0.1, -0.05) is 12.1 Å². The Morgan fingerprint density at radius 3 is 2.77 bits per heavy atom. The maximum Gasteiger partial charge on any atom is 0.137 e. The van der Waals surface area contributed by atoms with Crippen molar-refractivity contribution in [1.82, 2.24) is 34.8 Å². The number of halogens is 1. The molecule has 0 bridgehead atoms. The van der Waals surface area contributed by atoms with Crippen molar-refractivity contribution < 1.29 is 4.39 Å². The van der Waals surface area contributed by atoms with Gasteiger partial charge in [0.15, 0.2) is 0 Å². The van der Waals surface area contributed by atoms with Gasteiger partial charge in [-0.05, 0) is 63.5 Å². The van der Waals surface area contributed by atoms with Gasteiger partial charge in [0.2, 0.25) is 0 Å². The number of rotatable bonds is 5. The minimum atomic E-state index is -0.233. The highest BCUT2D eigenvalue weighted by atomic mass is 19.1. The summed E-state index contributed by atoms with van der Waals surface area (Å²) in [4.78, 5) is 8.02. The quantitative estimate of drug-likeness (QED) is 0.379. The summed E-state index contributed by atoms with van der Waals surface area (Å²) in [6, 6.07) is 9.30. The average Bonchev–Trinajstić information content (AvgIpc) is 3.58. The largest absolute Gasteiger partial charge is 0.346 e. The number of piperidine rings is 1. The number of fused-ring (bicyclic) bond motifs is 1. The second-order valence-corrected chi connectivity index (χ2v) is 9.35. The SMILES string of the molecule is Cc1nn(Cc2cccc(F)c2)c(C)c1-c1c[nH]c2ncc(-c3cnn(C4CCNCC4)c3)cc12. The zero-order valence-electron chi connectivity index (χ0n) is 19.9. The van der Waals surface area contributed by atoms with Gasteiger partial charge in [-0.2, -0.15) is 10.2 Å². The van der Waals surface area contributed by atoms with E-state index in [9.17, 15) is 4.39 Å². The predicted octanol–water partition coefficient (Wildman–Crippen LogP) is 5.02. The van der Waals surface area contributed by atoms with Gasteiger partial charge in [-0.15, -0.1) is 0 Å². The van der Waals surface area contributed by atoms with Crippen LogP contribution in [0.3, 0.4) is 0 Å². The molecule has 5 heterocycles. The van der Waals surface area contributed by atoms with Crippen molar-refractivity contribution in [3.8, 4) is 22.3 Å². The minimum absolute atomic E-state index is 0.233. The number of aryl methyl sites for hydroxylation is 1. The third-order valence-electron chi connectivity index (χ3n) is 7.02. The van der Waals surface area contributed by atoms with Crippen LogP contribution < -0.4 is 5.32 Å². The van der Waals surface area contributed by atoms with Crippen molar-refractivity contribution in [1.29, 1.82) is 0 Å². The van der Waals surface area contributed by atoms with Crippen molar-refractivity contribution in [2.24, 2.45) is 0 Å². The number of nitrogens with one attached hydrogen (secondary N) is 2. The Hall–Kier alpha value is -3.78. The van der Waals surface area contributed by atoms with Gasteiger partial charge in [-0.25, -0.2) is 9.37 Å². The highest BCUT2D eigenvalue weighted by molar-refractivity contribution is 5.96. The predicted molar refractivity (Wildman–Crippen MR) is 135 cm³/mol. The fourth-order valence-electron chi connectivity index (χ4n) is 5.18. The fraction of sp³-hybridized carbons (Fsp3) is 0.296. The Balaban J connectivity index is 1.35. The molecule has 0 radical (unpaired) electrons. The maximum absolute atomic E-state index is 13.7. The molecule has 1 saturated heterocycles. The van der Waals surface area contributed by atoms with Crippen LogP contribution in [0.1, 0.15) is 35.8 Å². The van der Waals surface area contributed by atoms with Crippen molar-refractivity contribution in [3.05, 3.63) is 77.9 Å². The lowest BCUT2D eigenvalue weighted by Gasteiger charge is -2.22. The molecule has 1 aromatic carbocycles. The summed E-state index contributed by atoms with van der Waals surface area (Å²) in [5.74, 6) is -0.233. The molecule has 1 aliphatic heterocycles.